The first-order chi connectivity index (χ1) is 9.54. The predicted molar refractivity (Wildman–Crippen MR) is 88.3 cm³/mol. The van der Waals surface area contributed by atoms with Crippen LogP contribution in [0.15, 0.2) is 46.9 Å². The van der Waals surface area contributed by atoms with Crippen LogP contribution in [0.2, 0.25) is 0 Å². The van der Waals surface area contributed by atoms with Gasteiger partial charge >= 0.3 is 0 Å². The zero-order valence-corrected chi connectivity index (χ0v) is 13.3. The van der Waals surface area contributed by atoms with Crippen molar-refractivity contribution in [3.63, 3.8) is 0 Å². The van der Waals surface area contributed by atoms with Crippen LogP contribution in [0.25, 0.3) is 0 Å². The van der Waals surface area contributed by atoms with Crippen molar-refractivity contribution in [2.75, 3.05) is 5.32 Å². The maximum atomic E-state index is 12.8. The monoisotopic (exact) mass is 352 g/mol. The van der Waals surface area contributed by atoms with Crippen LogP contribution in [0.5, 0.6) is 0 Å². The Morgan fingerprint density at radius 2 is 1.90 bits per heavy atom. The van der Waals surface area contributed by atoms with Crippen LogP contribution in [-0.4, -0.2) is 5.11 Å². The molecule has 0 atom stereocenters. The molecule has 2 N–H and O–H groups in total. The fourth-order valence-corrected chi connectivity index (χ4v) is 2.45. The van der Waals surface area contributed by atoms with E-state index in [1.807, 2.05) is 25.1 Å². The Hall–Kier alpha value is -1.46. The number of aryl methyl sites for hydroxylation is 1. The van der Waals surface area contributed by atoms with Gasteiger partial charge in [-0.1, -0.05) is 18.2 Å². The van der Waals surface area contributed by atoms with E-state index in [1.54, 1.807) is 12.1 Å². The largest absolute Gasteiger partial charge is 0.358 e. The first-order valence-electron chi connectivity index (χ1n) is 6.10. The molecule has 2 rings (SSSR count). The van der Waals surface area contributed by atoms with E-state index >= 15 is 0 Å². The minimum Gasteiger partial charge on any atom is -0.358 e. The molecule has 0 saturated carbocycles. The number of hydrogen-bond donors (Lipinski definition) is 2. The van der Waals surface area contributed by atoms with E-state index in [0.29, 0.717) is 11.7 Å². The summed E-state index contributed by atoms with van der Waals surface area (Å²) in [6.45, 7) is 2.58. The van der Waals surface area contributed by atoms with E-state index in [0.717, 1.165) is 15.7 Å². The van der Waals surface area contributed by atoms with Gasteiger partial charge in [0.1, 0.15) is 5.82 Å². The highest BCUT2D eigenvalue weighted by Gasteiger charge is 2.02. The van der Waals surface area contributed by atoms with Crippen molar-refractivity contribution in [2.24, 2.45) is 0 Å². The third-order valence-electron chi connectivity index (χ3n) is 2.74. The maximum Gasteiger partial charge on any atom is 0.171 e. The molecule has 2 nitrogen and oxygen atoms in total. The first-order valence-corrected chi connectivity index (χ1v) is 7.30. The highest BCUT2D eigenvalue weighted by molar-refractivity contribution is 9.10. The molecule has 5 heteroatoms. The van der Waals surface area contributed by atoms with Gasteiger partial charge in [0.15, 0.2) is 5.11 Å². The lowest BCUT2D eigenvalue weighted by Gasteiger charge is -2.12. The summed E-state index contributed by atoms with van der Waals surface area (Å²) in [4.78, 5) is 0. The number of benzene rings is 2. The molecule has 0 aliphatic carbocycles. The molecule has 0 unspecified atom stereocenters. The molecule has 0 bridgehead atoms. The van der Waals surface area contributed by atoms with Crippen molar-refractivity contribution in [3.8, 4) is 0 Å². The van der Waals surface area contributed by atoms with Crippen LogP contribution in [0.4, 0.5) is 10.1 Å². The lowest BCUT2D eigenvalue weighted by Crippen LogP contribution is -2.28. The molecule has 0 radical (unpaired) electrons. The molecule has 2 aromatic rings. The zero-order valence-electron chi connectivity index (χ0n) is 10.9. The first kappa shape index (κ1) is 14.9. The highest BCUT2D eigenvalue weighted by atomic mass is 79.9. The van der Waals surface area contributed by atoms with E-state index in [4.69, 9.17) is 12.2 Å². The Kier molecular flexibility index (Phi) is 5.09. The normalized spacial score (nSPS) is 10.2. The molecule has 20 heavy (non-hydrogen) atoms. The standard InChI is InChI=1S/C15H14BrFN2S/c1-10-2-7-14(13(16)8-10)19-15(20)18-9-11-3-5-12(17)6-4-11/h2-8H,9H2,1H3,(H2,18,19,20). The molecule has 2 aromatic carbocycles. The third-order valence-corrected chi connectivity index (χ3v) is 3.64. The second-order valence-corrected chi connectivity index (χ2v) is 5.68. The number of thiocarbonyl (C=S) groups is 1. The highest BCUT2D eigenvalue weighted by Crippen LogP contribution is 2.23. The van der Waals surface area contributed by atoms with Gasteiger partial charge in [-0.2, -0.15) is 0 Å². The van der Waals surface area contributed by atoms with Gasteiger partial charge in [-0.05, 0) is 70.5 Å². The van der Waals surface area contributed by atoms with Crippen LogP contribution in [0.1, 0.15) is 11.1 Å². The average Bonchev–Trinajstić information content (AvgIpc) is 2.41. The molecule has 0 aliphatic rings. The van der Waals surface area contributed by atoms with Crippen molar-refractivity contribution in [2.45, 2.75) is 13.5 Å². The Morgan fingerprint density at radius 3 is 2.55 bits per heavy atom. The molecule has 0 aromatic heterocycles. The molecular weight excluding hydrogens is 339 g/mol. The van der Waals surface area contributed by atoms with Crippen LogP contribution >= 0.6 is 28.1 Å². The van der Waals surface area contributed by atoms with Gasteiger partial charge in [0, 0.05) is 11.0 Å². The molecule has 0 aliphatic heterocycles. The van der Waals surface area contributed by atoms with Gasteiger partial charge < -0.3 is 10.6 Å². The Morgan fingerprint density at radius 1 is 1.20 bits per heavy atom. The van der Waals surface area contributed by atoms with E-state index in [-0.39, 0.29) is 5.82 Å². The minimum absolute atomic E-state index is 0.238. The van der Waals surface area contributed by atoms with Crippen LogP contribution in [-0.2, 0) is 6.54 Å². The lowest BCUT2D eigenvalue weighted by molar-refractivity contribution is 0.627. The predicted octanol–water partition coefficient (Wildman–Crippen LogP) is 4.38. The molecule has 0 spiro atoms. The lowest BCUT2D eigenvalue weighted by atomic mass is 10.2. The van der Waals surface area contributed by atoms with Gasteiger partial charge in [0.25, 0.3) is 0 Å². The number of halogens is 2. The quantitative estimate of drug-likeness (QED) is 0.801. The third kappa shape index (κ3) is 4.28. The topological polar surface area (TPSA) is 24.1 Å². The summed E-state index contributed by atoms with van der Waals surface area (Å²) in [5.41, 5.74) is 3.05. The van der Waals surface area contributed by atoms with E-state index < -0.39 is 0 Å². The summed E-state index contributed by atoms with van der Waals surface area (Å²) in [6, 6.07) is 12.3. The molecular formula is C15H14BrFN2S. The van der Waals surface area contributed by atoms with Crippen molar-refractivity contribution in [3.05, 3.63) is 63.9 Å². The average molecular weight is 353 g/mol. The van der Waals surface area contributed by atoms with Gasteiger partial charge in [0.05, 0.1) is 5.69 Å². The number of nitrogens with one attached hydrogen (secondary N) is 2. The summed E-state index contributed by atoms with van der Waals surface area (Å²) in [7, 11) is 0. The maximum absolute atomic E-state index is 12.8. The van der Waals surface area contributed by atoms with Gasteiger partial charge in [-0.3, -0.25) is 0 Å². The van der Waals surface area contributed by atoms with Crippen molar-refractivity contribution in [1.82, 2.24) is 5.32 Å². The summed E-state index contributed by atoms with van der Waals surface area (Å²) in [5, 5.41) is 6.73. The number of rotatable bonds is 3. The fourth-order valence-electron chi connectivity index (χ4n) is 1.67. The summed E-state index contributed by atoms with van der Waals surface area (Å²) in [5.74, 6) is -0.238. The summed E-state index contributed by atoms with van der Waals surface area (Å²) >= 11 is 8.72. The second-order valence-electron chi connectivity index (χ2n) is 4.42. The van der Waals surface area contributed by atoms with Crippen LogP contribution in [0.3, 0.4) is 0 Å². The molecule has 104 valence electrons. The van der Waals surface area contributed by atoms with Crippen molar-refractivity contribution >= 4 is 38.9 Å². The van der Waals surface area contributed by atoms with E-state index in [9.17, 15) is 4.39 Å². The Bertz CT molecular complexity index is 614. The van der Waals surface area contributed by atoms with Crippen LogP contribution < -0.4 is 10.6 Å². The molecule has 0 heterocycles. The van der Waals surface area contributed by atoms with E-state index in [2.05, 4.69) is 26.6 Å². The Balaban J connectivity index is 1.90. The fraction of sp³-hybridized carbons (Fsp3) is 0.133. The molecule has 0 amide bonds. The molecule has 0 fully saturated rings. The Labute approximate surface area is 131 Å². The van der Waals surface area contributed by atoms with Crippen molar-refractivity contribution in [1.29, 1.82) is 0 Å². The van der Waals surface area contributed by atoms with Crippen molar-refractivity contribution < 1.29 is 4.39 Å². The van der Waals surface area contributed by atoms with Gasteiger partial charge in [-0.15, -0.1) is 0 Å². The van der Waals surface area contributed by atoms with Gasteiger partial charge in [0.2, 0.25) is 0 Å². The SMILES string of the molecule is Cc1ccc(NC(=S)NCc2ccc(F)cc2)c(Br)c1. The summed E-state index contributed by atoms with van der Waals surface area (Å²) in [6.07, 6.45) is 0. The van der Waals surface area contributed by atoms with Crippen LogP contribution in [0, 0.1) is 12.7 Å². The zero-order chi connectivity index (χ0) is 14.5. The smallest absolute Gasteiger partial charge is 0.171 e. The second kappa shape index (κ2) is 6.81. The summed E-state index contributed by atoms with van der Waals surface area (Å²) < 4.78 is 13.7. The van der Waals surface area contributed by atoms with Gasteiger partial charge in [-0.25, -0.2) is 4.39 Å². The molecule has 0 saturated heterocycles. The minimum atomic E-state index is -0.238. The van der Waals surface area contributed by atoms with E-state index in [1.165, 1.54) is 17.7 Å². The number of hydrogen-bond acceptors (Lipinski definition) is 1. The number of anilines is 1.